The van der Waals surface area contributed by atoms with Gasteiger partial charge in [-0.1, -0.05) is 23.7 Å². The lowest BCUT2D eigenvalue weighted by molar-refractivity contribution is -0.385. The van der Waals surface area contributed by atoms with Crippen molar-refractivity contribution < 1.29 is 32.4 Å². The van der Waals surface area contributed by atoms with Gasteiger partial charge in [0.2, 0.25) is 5.75 Å². The van der Waals surface area contributed by atoms with E-state index in [4.69, 9.17) is 21.1 Å². The normalized spacial score (nSPS) is 11.0. The van der Waals surface area contributed by atoms with Crippen LogP contribution in [0.2, 0.25) is 5.02 Å². The van der Waals surface area contributed by atoms with Gasteiger partial charge in [-0.25, -0.2) is 4.79 Å². The second-order valence-corrected chi connectivity index (χ2v) is 6.83. The van der Waals surface area contributed by atoms with E-state index in [-0.39, 0.29) is 29.3 Å². The summed E-state index contributed by atoms with van der Waals surface area (Å²) in [5, 5.41) is 14.1. The van der Waals surface area contributed by atoms with E-state index in [9.17, 15) is 28.1 Å². The van der Waals surface area contributed by atoms with Crippen molar-refractivity contribution in [2.24, 2.45) is 0 Å². The molecule has 0 atom stereocenters. The Labute approximate surface area is 184 Å². The second kappa shape index (κ2) is 9.56. The molecule has 3 rings (SSSR count). The molecular weight excluding hydrogens is 453 g/mol. The van der Waals surface area contributed by atoms with Crippen molar-refractivity contribution >= 4 is 29.1 Å². The minimum absolute atomic E-state index is 0.0329. The van der Waals surface area contributed by atoms with Crippen LogP contribution in [0, 0.1) is 10.1 Å². The van der Waals surface area contributed by atoms with Crippen LogP contribution < -0.4 is 10.1 Å². The molecule has 0 spiro atoms. The SMILES string of the molecule is O=C(Nc1cccc(C(F)(F)F)c1)OCc1ccc(Oc2ccc(Cl)cc2)c([N+](=O)[O-])c1. The van der Waals surface area contributed by atoms with Crippen molar-refractivity contribution in [3.8, 4) is 11.5 Å². The number of nitro benzene ring substituents is 1. The number of ether oxygens (including phenoxy) is 2. The summed E-state index contributed by atoms with van der Waals surface area (Å²) in [5.41, 5.74) is -1.12. The fourth-order valence-electron chi connectivity index (χ4n) is 2.59. The maximum atomic E-state index is 12.8. The van der Waals surface area contributed by atoms with Gasteiger partial charge in [0.05, 0.1) is 10.5 Å². The van der Waals surface area contributed by atoms with Crippen LogP contribution in [0.4, 0.5) is 29.3 Å². The molecule has 0 unspecified atom stereocenters. The third-order valence-corrected chi connectivity index (χ3v) is 4.32. The molecule has 0 fully saturated rings. The van der Waals surface area contributed by atoms with E-state index < -0.39 is 22.8 Å². The zero-order valence-electron chi connectivity index (χ0n) is 16.1. The lowest BCUT2D eigenvalue weighted by Gasteiger charge is -2.11. The number of nitro groups is 1. The van der Waals surface area contributed by atoms with Gasteiger partial charge in [-0.2, -0.15) is 13.2 Å². The summed E-state index contributed by atoms with van der Waals surface area (Å²) in [5.74, 6) is 0.302. The van der Waals surface area contributed by atoms with Crippen LogP contribution in [0.1, 0.15) is 11.1 Å². The highest BCUT2D eigenvalue weighted by Gasteiger charge is 2.30. The highest BCUT2D eigenvalue weighted by Crippen LogP contribution is 2.33. The molecule has 1 N–H and O–H groups in total. The lowest BCUT2D eigenvalue weighted by atomic mass is 10.2. The first-order valence-corrected chi connectivity index (χ1v) is 9.31. The third-order valence-electron chi connectivity index (χ3n) is 4.07. The Morgan fingerprint density at radius 1 is 1.06 bits per heavy atom. The molecular formula is C21H14ClF3N2O5. The van der Waals surface area contributed by atoms with Gasteiger partial charge in [0.25, 0.3) is 0 Å². The van der Waals surface area contributed by atoms with Gasteiger partial charge in [-0.3, -0.25) is 15.4 Å². The first-order valence-electron chi connectivity index (χ1n) is 8.93. The maximum Gasteiger partial charge on any atom is 0.416 e. The molecule has 0 saturated heterocycles. The zero-order valence-corrected chi connectivity index (χ0v) is 16.8. The van der Waals surface area contributed by atoms with Crippen molar-refractivity contribution in [3.63, 3.8) is 0 Å². The summed E-state index contributed by atoms with van der Waals surface area (Å²) in [6, 6.07) is 14.2. The Kier molecular flexibility index (Phi) is 6.84. The van der Waals surface area contributed by atoms with Crippen molar-refractivity contribution in [1.29, 1.82) is 0 Å². The average molecular weight is 467 g/mol. The van der Waals surface area contributed by atoms with E-state index >= 15 is 0 Å². The first kappa shape index (κ1) is 22.9. The van der Waals surface area contributed by atoms with Crippen molar-refractivity contribution in [1.82, 2.24) is 0 Å². The van der Waals surface area contributed by atoms with Gasteiger partial charge >= 0.3 is 18.0 Å². The Hall–Kier alpha value is -3.79. The Morgan fingerprint density at radius 3 is 2.44 bits per heavy atom. The van der Waals surface area contributed by atoms with Crippen LogP contribution in [0.25, 0.3) is 0 Å². The fourth-order valence-corrected chi connectivity index (χ4v) is 2.71. The number of nitrogens with one attached hydrogen (secondary N) is 1. The number of anilines is 1. The maximum absolute atomic E-state index is 12.8. The van der Waals surface area contributed by atoms with Gasteiger partial charge in [-0.05, 0) is 54.1 Å². The molecule has 3 aromatic rings. The first-order chi connectivity index (χ1) is 15.1. The van der Waals surface area contributed by atoms with Crippen LogP contribution in [0.3, 0.4) is 0 Å². The molecule has 0 aliphatic heterocycles. The summed E-state index contributed by atoms with van der Waals surface area (Å²) in [4.78, 5) is 22.7. The quantitative estimate of drug-likeness (QED) is 0.318. The van der Waals surface area contributed by atoms with E-state index in [0.29, 0.717) is 10.8 Å². The number of amides is 1. The summed E-state index contributed by atoms with van der Waals surface area (Å²) in [7, 11) is 0. The molecule has 0 radical (unpaired) electrons. The summed E-state index contributed by atoms with van der Waals surface area (Å²) in [6.45, 7) is -0.354. The van der Waals surface area contributed by atoms with Gasteiger partial charge in [0.1, 0.15) is 12.4 Å². The minimum Gasteiger partial charge on any atom is -0.450 e. The average Bonchev–Trinajstić information content (AvgIpc) is 2.74. The number of benzene rings is 3. The molecule has 0 aliphatic carbocycles. The van der Waals surface area contributed by atoms with E-state index in [1.165, 1.54) is 24.3 Å². The number of nitrogens with zero attached hydrogens (tertiary/aromatic N) is 1. The summed E-state index contributed by atoms with van der Waals surface area (Å²) in [6.07, 6.45) is -5.58. The monoisotopic (exact) mass is 466 g/mol. The summed E-state index contributed by atoms with van der Waals surface area (Å²) < 4.78 is 48.7. The summed E-state index contributed by atoms with van der Waals surface area (Å²) >= 11 is 5.80. The van der Waals surface area contributed by atoms with E-state index in [0.717, 1.165) is 18.2 Å². The largest absolute Gasteiger partial charge is 0.450 e. The highest BCUT2D eigenvalue weighted by molar-refractivity contribution is 6.30. The van der Waals surface area contributed by atoms with Crippen LogP contribution >= 0.6 is 11.6 Å². The molecule has 0 aromatic heterocycles. The molecule has 0 bridgehead atoms. The van der Waals surface area contributed by atoms with Gasteiger partial charge in [0, 0.05) is 16.8 Å². The van der Waals surface area contributed by atoms with E-state index in [1.54, 1.807) is 24.3 Å². The number of alkyl halides is 3. The molecule has 3 aromatic carbocycles. The minimum atomic E-state index is -4.56. The van der Waals surface area contributed by atoms with Gasteiger partial charge in [-0.15, -0.1) is 0 Å². The van der Waals surface area contributed by atoms with Gasteiger partial charge in [0.15, 0.2) is 0 Å². The van der Waals surface area contributed by atoms with Gasteiger partial charge < -0.3 is 9.47 Å². The number of halogens is 4. The Morgan fingerprint density at radius 2 is 1.78 bits per heavy atom. The van der Waals surface area contributed by atoms with E-state index in [1.807, 2.05) is 0 Å². The number of hydrogen-bond acceptors (Lipinski definition) is 5. The molecule has 0 aliphatic rings. The van der Waals surface area contributed by atoms with E-state index in [2.05, 4.69) is 5.32 Å². The predicted octanol–water partition coefficient (Wildman–Crippen LogP) is 6.81. The topological polar surface area (TPSA) is 90.7 Å². The molecule has 7 nitrogen and oxygen atoms in total. The molecule has 166 valence electrons. The van der Waals surface area contributed by atoms with Crippen molar-refractivity contribution in [2.75, 3.05) is 5.32 Å². The standard InChI is InChI=1S/C21H14ClF3N2O5/c22-15-5-7-17(8-6-15)32-19-9-4-13(10-18(19)27(29)30)12-31-20(28)26-16-3-1-2-14(11-16)21(23,24)25/h1-11H,12H2,(H,26,28). The smallest absolute Gasteiger partial charge is 0.416 e. The van der Waals surface area contributed by atoms with Crippen LogP contribution in [0.15, 0.2) is 66.7 Å². The number of rotatable bonds is 6. The number of hydrogen-bond donors (Lipinski definition) is 1. The third kappa shape index (κ3) is 6.11. The predicted molar refractivity (Wildman–Crippen MR) is 110 cm³/mol. The fraction of sp³-hybridized carbons (Fsp3) is 0.0952. The van der Waals surface area contributed by atoms with Crippen LogP contribution in [-0.2, 0) is 17.5 Å². The Bertz CT molecular complexity index is 1140. The lowest BCUT2D eigenvalue weighted by Crippen LogP contribution is -2.14. The van der Waals surface area contributed by atoms with Crippen molar-refractivity contribution in [2.45, 2.75) is 12.8 Å². The molecule has 0 heterocycles. The van der Waals surface area contributed by atoms with Crippen LogP contribution in [0.5, 0.6) is 11.5 Å². The zero-order chi connectivity index (χ0) is 23.3. The molecule has 32 heavy (non-hydrogen) atoms. The molecule has 0 saturated carbocycles. The highest BCUT2D eigenvalue weighted by atomic mass is 35.5. The van der Waals surface area contributed by atoms with Crippen LogP contribution in [-0.4, -0.2) is 11.0 Å². The van der Waals surface area contributed by atoms with Crippen molar-refractivity contribution in [3.05, 3.63) is 93.0 Å². The Balaban J connectivity index is 1.66. The molecule has 11 heteroatoms. The molecule has 1 amide bonds. The number of carbonyl (C=O) groups is 1. The number of carbonyl (C=O) groups excluding carboxylic acids is 1. The second-order valence-electron chi connectivity index (χ2n) is 6.39.